The zero-order chi connectivity index (χ0) is 16.4. The molecule has 0 bridgehead atoms. The van der Waals surface area contributed by atoms with Crippen LogP contribution in [0.5, 0.6) is 0 Å². The molecule has 0 heterocycles. The van der Waals surface area contributed by atoms with Gasteiger partial charge in [-0.3, -0.25) is 4.57 Å². The van der Waals surface area contributed by atoms with E-state index in [1.54, 1.807) is 0 Å². The summed E-state index contributed by atoms with van der Waals surface area (Å²) >= 11 is 4.83. The Kier molecular flexibility index (Phi) is 12.1. The monoisotopic (exact) mass is 462 g/mol. The number of thioether (sulfide) groups is 1. The van der Waals surface area contributed by atoms with Crippen LogP contribution in [0.25, 0.3) is 0 Å². The van der Waals surface area contributed by atoms with Crippen molar-refractivity contribution in [2.24, 2.45) is 0 Å². The minimum Gasteiger partial charge on any atom is -1.00 e. The van der Waals surface area contributed by atoms with Crippen LogP contribution in [0, 0.1) is 0 Å². The fourth-order valence-electron chi connectivity index (χ4n) is 2.50. The van der Waals surface area contributed by atoms with E-state index in [0.29, 0.717) is 11.0 Å². The fraction of sp³-hybridized carbons (Fsp3) is 0.571. The van der Waals surface area contributed by atoms with Crippen molar-refractivity contribution in [1.82, 2.24) is 0 Å². The van der Waals surface area contributed by atoms with E-state index in [9.17, 15) is 13.3 Å². The van der Waals surface area contributed by atoms with Crippen LogP contribution < -0.4 is 59.1 Å². The molecule has 1 fully saturated rings. The van der Waals surface area contributed by atoms with Crippen molar-refractivity contribution in [3.8, 4) is 0 Å². The molecule has 0 aliphatic heterocycles. The number of rotatable bonds is 5. The molecule has 1 aliphatic rings. The van der Waals surface area contributed by atoms with Gasteiger partial charge in [0.25, 0.3) is 0 Å². The second-order valence-corrected chi connectivity index (χ2v) is 9.26. The number of halogens is 3. The Balaban J connectivity index is -0.00000132. The Hall–Kier alpha value is 2.06. The second-order valence-electron chi connectivity index (χ2n) is 5.47. The zero-order valence-electron chi connectivity index (χ0n) is 15.8. The smallest absolute Gasteiger partial charge is 1.00 e. The van der Waals surface area contributed by atoms with Crippen molar-refractivity contribution in [3.63, 3.8) is 0 Å². The minimum atomic E-state index is -5.54. The average Bonchev–Trinajstić information content (AvgIpc) is 2.45. The first-order valence-electron chi connectivity index (χ1n) is 7.06. The Morgan fingerprint density at radius 3 is 2.33 bits per heavy atom. The standard InChI is InChI=1S/C14H18BrF2O3PS.2Na.2H/c15-13-8-10(9-22-11-4-2-1-3-5-11)6-7-12(13)14(16,17)21(18,19)20;;;;/h6-8,11H,1-5,9H2,(H2,18,19,20);;;;/q;2*+1;2*-1. The fourth-order valence-corrected chi connectivity index (χ4v) is 5.11. The van der Waals surface area contributed by atoms with Crippen LogP contribution in [-0.2, 0) is 16.0 Å². The van der Waals surface area contributed by atoms with Gasteiger partial charge in [-0.05, 0) is 24.5 Å². The first kappa shape index (κ1) is 26.1. The Bertz CT molecular complexity index is 593. The summed E-state index contributed by atoms with van der Waals surface area (Å²) in [5, 5.41) is 0.615. The molecule has 1 saturated carbocycles. The van der Waals surface area contributed by atoms with E-state index >= 15 is 0 Å². The van der Waals surface area contributed by atoms with Crippen molar-refractivity contribution in [1.29, 1.82) is 0 Å². The molecule has 10 heteroatoms. The van der Waals surface area contributed by atoms with Crippen LogP contribution in [0.1, 0.15) is 46.1 Å². The SMILES string of the molecule is O=P(O)(O)C(F)(F)c1ccc(CSC2CCCCC2)cc1Br.[H-].[H-].[Na+].[Na+]. The molecular weight excluding hydrogens is 443 g/mol. The van der Waals surface area contributed by atoms with Crippen LogP contribution >= 0.6 is 35.3 Å². The third-order valence-electron chi connectivity index (χ3n) is 3.76. The van der Waals surface area contributed by atoms with Gasteiger partial charge in [0, 0.05) is 21.0 Å². The summed E-state index contributed by atoms with van der Waals surface area (Å²) in [4.78, 5) is 17.6. The summed E-state index contributed by atoms with van der Waals surface area (Å²) in [6, 6.07) is 4.13. The maximum atomic E-state index is 13.7. The van der Waals surface area contributed by atoms with E-state index in [1.807, 2.05) is 11.8 Å². The molecule has 1 aromatic carbocycles. The van der Waals surface area contributed by atoms with Gasteiger partial charge in [0.2, 0.25) is 0 Å². The zero-order valence-corrected chi connectivity index (χ0v) is 21.1. The van der Waals surface area contributed by atoms with Gasteiger partial charge in [-0.25, -0.2) is 0 Å². The molecule has 0 radical (unpaired) electrons. The quantitative estimate of drug-likeness (QED) is 0.456. The van der Waals surface area contributed by atoms with Crippen molar-refractivity contribution >= 4 is 35.3 Å². The third kappa shape index (κ3) is 6.90. The summed E-state index contributed by atoms with van der Waals surface area (Å²) in [7, 11) is -5.54. The van der Waals surface area contributed by atoms with Gasteiger partial charge in [-0.2, -0.15) is 20.5 Å². The number of alkyl halides is 2. The predicted octanol–water partition coefficient (Wildman–Crippen LogP) is -0.525. The summed E-state index contributed by atoms with van der Waals surface area (Å²) in [6.45, 7) is 0. The Morgan fingerprint density at radius 2 is 1.83 bits per heavy atom. The molecule has 0 spiro atoms. The average molecular weight is 463 g/mol. The first-order valence-corrected chi connectivity index (χ1v) is 10.5. The molecular formula is C14H20BrF2Na2O3PS. The summed E-state index contributed by atoms with van der Waals surface area (Å²) in [5.41, 5.74) is -3.99. The molecule has 0 atom stereocenters. The van der Waals surface area contributed by atoms with Gasteiger partial charge >= 0.3 is 72.4 Å². The molecule has 2 rings (SSSR count). The number of hydrogen-bond acceptors (Lipinski definition) is 2. The molecule has 128 valence electrons. The van der Waals surface area contributed by atoms with Crippen LogP contribution in [0.2, 0.25) is 0 Å². The minimum absolute atomic E-state index is 0. The molecule has 0 unspecified atom stereocenters. The first-order chi connectivity index (χ1) is 10.2. The third-order valence-corrected chi connectivity index (χ3v) is 6.83. The van der Waals surface area contributed by atoms with Gasteiger partial charge < -0.3 is 12.6 Å². The van der Waals surface area contributed by atoms with Crippen LogP contribution in [0.15, 0.2) is 22.7 Å². The normalized spacial score (nSPS) is 16.2. The van der Waals surface area contributed by atoms with Gasteiger partial charge in [0.1, 0.15) is 0 Å². The van der Waals surface area contributed by atoms with Gasteiger partial charge in [0.15, 0.2) is 0 Å². The van der Waals surface area contributed by atoms with E-state index in [4.69, 9.17) is 9.79 Å². The summed E-state index contributed by atoms with van der Waals surface area (Å²) in [6.07, 6.45) is 6.17. The molecule has 2 N–H and O–H groups in total. The topological polar surface area (TPSA) is 57.5 Å². The molecule has 3 nitrogen and oxygen atoms in total. The molecule has 24 heavy (non-hydrogen) atoms. The van der Waals surface area contributed by atoms with E-state index in [-0.39, 0.29) is 66.4 Å². The second kappa shape index (κ2) is 11.2. The van der Waals surface area contributed by atoms with Gasteiger partial charge in [-0.1, -0.05) is 47.3 Å². The van der Waals surface area contributed by atoms with E-state index in [2.05, 4.69) is 15.9 Å². The summed E-state index contributed by atoms with van der Waals surface area (Å²) < 4.78 is 38.4. The Morgan fingerprint density at radius 1 is 1.25 bits per heavy atom. The van der Waals surface area contributed by atoms with E-state index < -0.39 is 18.8 Å². The number of hydrogen-bond donors (Lipinski definition) is 2. The van der Waals surface area contributed by atoms with Gasteiger partial charge in [-0.15, -0.1) is 0 Å². The molecule has 1 aliphatic carbocycles. The van der Waals surface area contributed by atoms with Crippen molar-refractivity contribution in [3.05, 3.63) is 33.8 Å². The molecule has 0 amide bonds. The maximum Gasteiger partial charge on any atom is 1.00 e. The van der Waals surface area contributed by atoms with Gasteiger partial charge in [0.05, 0.1) is 0 Å². The van der Waals surface area contributed by atoms with Crippen LogP contribution in [0.4, 0.5) is 8.78 Å². The number of benzene rings is 1. The van der Waals surface area contributed by atoms with Crippen molar-refractivity contribution in [2.45, 2.75) is 48.8 Å². The van der Waals surface area contributed by atoms with Crippen LogP contribution in [0.3, 0.4) is 0 Å². The Labute approximate surface area is 201 Å². The van der Waals surface area contributed by atoms with E-state index in [0.717, 1.165) is 11.6 Å². The molecule has 0 aromatic heterocycles. The predicted molar refractivity (Wildman–Crippen MR) is 90.5 cm³/mol. The largest absolute Gasteiger partial charge is 1.00 e. The van der Waals surface area contributed by atoms with Crippen molar-refractivity contribution in [2.75, 3.05) is 0 Å². The van der Waals surface area contributed by atoms with E-state index in [1.165, 1.54) is 44.2 Å². The summed E-state index contributed by atoms with van der Waals surface area (Å²) in [5.74, 6) is 0.713. The molecule has 1 aromatic rings. The van der Waals surface area contributed by atoms with Crippen LogP contribution in [-0.4, -0.2) is 15.0 Å². The van der Waals surface area contributed by atoms with Crippen molar-refractivity contribution < 1.29 is 85.1 Å². The maximum absolute atomic E-state index is 13.7. The molecule has 0 saturated heterocycles.